The maximum Gasteiger partial charge on any atom is 0.263 e. The van der Waals surface area contributed by atoms with Crippen LogP contribution in [0.5, 0.6) is 11.5 Å². The number of hydrogen-bond acceptors (Lipinski definition) is 4. The van der Waals surface area contributed by atoms with E-state index in [1.54, 1.807) is 31.4 Å². The number of ether oxygens (including phenoxy) is 2. The van der Waals surface area contributed by atoms with Crippen LogP contribution in [0, 0.1) is 0 Å². The van der Waals surface area contributed by atoms with Crippen molar-refractivity contribution in [1.82, 2.24) is 10.2 Å². The van der Waals surface area contributed by atoms with Gasteiger partial charge < -0.3 is 14.8 Å². The Labute approximate surface area is 160 Å². The number of H-pyrrole nitrogens is 1. The Morgan fingerprint density at radius 2 is 1.96 bits per heavy atom. The molecule has 0 bridgehead atoms. The van der Waals surface area contributed by atoms with Crippen LogP contribution in [0.4, 0.5) is 5.82 Å². The maximum absolute atomic E-state index is 12.0. The van der Waals surface area contributed by atoms with Crippen molar-refractivity contribution in [2.24, 2.45) is 0 Å². The van der Waals surface area contributed by atoms with Gasteiger partial charge in [0.2, 0.25) is 0 Å². The van der Waals surface area contributed by atoms with Gasteiger partial charge >= 0.3 is 0 Å². The number of rotatable bonds is 6. The number of aromatic nitrogens is 2. The number of nitrogens with zero attached hydrogens (tertiary/aromatic N) is 1. The molecule has 0 fully saturated rings. The van der Waals surface area contributed by atoms with E-state index in [2.05, 4.69) is 15.5 Å². The summed E-state index contributed by atoms with van der Waals surface area (Å²) in [5.41, 5.74) is 1.57. The number of carbonyl (C=O) groups excluding carboxylic acids is 1. The van der Waals surface area contributed by atoms with E-state index in [-0.39, 0.29) is 12.5 Å². The van der Waals surface area contributed by atoms with Crippen LogP contribution in [0.15, 0.2) is 48.5 Å². The average molecular weight is 392 g/mol. The van der Waals surface area contributed by atoms with Gasteiger partial charge in [0.15, 0.2) is 12.4 Å². The van der Waals surface area contributed by atoms with Crippen molar-refractivity contribution < 1.29 is 14.3 Å². The molecule has 8 heteroatoms. The highest BCUT2D eigenvalue weighted by Gasteiger charge is 2.11. The molecule has 0 aliphatic rings. The highest BCUT2D eigenvalue weighted by Crippen LogP contribution is 2.29. The summed E-state index contributed by atoms with van der Waals surface area (Å²) in [5.74, 6) is 1.19. The van der Waals surface area contributed by atoms with Crippen LogP contribution < -0.4 is 14.8 Å². The number of hydrogen-bond donors (Lipinski definition) is 2. The number of aromatic amines is 1. The van der Waals surface area contributed by atoms with Crippen LogP contribution in [0.1, 0.15) is 0 Å². The monoisotopic (exact) mass is 391 g/mol. The molecule has 0 atom stereocenters. The topological polar surface area (TPSA) is 76.2 Å². The Bertz CT molecular complexity index is 928. The minimum Gasteiger partial charge on any atom is -0.496 e. The molecule has 134 valence electrons. The van der Waals surface area contributed by atoms with E-state index >= 15 is 0 Å². The maximum atomic E-state index is 12.0. The summed E-state index contributed by atoms with van der Waals surface area (Å²) in [4.78, 5) is 12.0. The summed E-state index contributed by atoms with van der Waals surface area (Å²) in [5, 5.41) is 10.4. The molecule has 1 heterocycles. The second-order valence-corrected chi connectivity index (χ2v) is 6.09. The van der Waals surface area contributed by atoms with Crippen LogP contribution in [-0.4, -0.2) is 29.8 Å². The first-order valence-electron chi connectivity index (χ1n) is 7.63. The molecule has 2 N–H and O–H groups in total. The molecular formula is C18H15Cl2N3O3. The Morgan fingerprint density at radius 3 is 2.73 bits per heavy atom. The lowest BCUT2D eigenvalue weighted by Gasteiger charge is -2.07. The van der Waals surface area contributed by atoms with Gasteiger partial charge in [0.1, 0.15) is 11.5 Å². The normalized spacial score (nSPS) is 10.4. The first-order chi connectivity index (χ1) is 12.6. The summed E-state index contributed by atoms with van der Waals surface area (Å²) in [6.07, 6.45) is 0. The number of methoxy groups -OCH3 is 1. The number of nitrogens with one attached hydrogen (secondary N) is 2. The smallest absolute Gasteiger partial charge is 0.263 e. The third-order valence-corrected chi connectivity index (χ3v) is 4.24. The zero-order valence-electron chi connectivity index (χ0n) is 13.8. The van der Waals surface area contributed by atoms with Crippen LogP contribution in [0.25, 0.3) is 11.3 Å². The van der Waals surface area contributed by atoms with Gasteiger partial charge in [0, 0.05) is 17.7 Å². The second-order valence-electron chi connectivity index (χ2n) is 5.28. The molecule has 0 aliphatic heterocycles. The summed E-state index contributed by atoms with van der Waals surface area (Å²) in [7, 11) is 1.60. The average Bonchev–Trinajstić information content (AvgIpc) is 3.11. The fraction of sp³-hybridized carbons (Fsp3) is 0.111. The van der Waals surface area contributed by atoms with Crippen LogP contribution in [-0.2, 0) is 4.79 Å². The summed E-state index contributed by atoms with van der Waals surface area (Å²) >= 11 is 11.7. The molecule has 0 radical (unpaired) electrons. The van der Waals surface area contributed by atoms with E-state index in [9.17, 15) is 4.79 Å². The zero-order chi connectivity index (χ0) is 18.5. The van der Waals surface area contributed by atoms with E-state index in [0.717, 1.165) is 11.3 Å². The predicted molar refractivity (Wildman–Crippen MR) is 101 cm³/mol. The molecule has 0 aliphatic carbocycles. The summed E-state index contributed by atoms with van der Waals surface area (Å²) < 4.78 is 10.7. The summed E-state index contributed by atoms with van der Waals surface area (Å²) in [6.45, 7) is -0.186. The van der Waals surface area contributed by atoms with E-state index < -0.39 is 0 Å². The number of halogens is 2. The van der Waals surface area contributed by atoms with Gasteiger partial charge in [0.05, 0.1) is 22.8 Å². The van der Waals surface area contributed by atoms with E-state index in [4.69, 9.17) is 32.7 Å². The van der Waals surface area contributed by atoms with Crippen molar-refractivity contribution >= 4 is 34.9 Å². The molecule has 6 nitrogen and oxygen atoms in total. The Balaban J connectivity index is 1.61. The van der Waals surface area contributed by atoms with E-state index in [0.29, 0.717) is 27.4 Å². The van der Waals surface area contributed by atoms with Crippen LogP contribution in [0.2, 0.25) is 10.0 Å². The first kappa shape index (κ1) is 18.1. The van der Waals surface area contributed by atoms with E-state index in [1.165, 1.54) is 0 Å². The van der Waals surface area contributed by atoms with Crippen molar-refractivity contribution in [3.8, 4) is 22.8 Å². The minimum atomic E-state index is -0.353. The quantitative estimate of drug-likeness (QED) is 0.652. The highest BCUT2D eigenvalue weighted by atomic mass is 35.5. The highest BCUT2D eigenvalue weighted by molar-refractivity contribution is 6.42. The molecule has 3 rings (SSSR count). The van der Waals surface area contributed by atoms with Gasteiger partial charge in [-0.1, -0.05) is 35.3 Å². The molecule has 0 unspecified atom stereocenters. The van der Waals surface area contributed by atoms with Crippen molar-refractivity contribution in [2.75, 3.05) is 19.0 Å². The third-order valence-electron chi connectivity index (χ3n) is 3.50. The van der Waals surface area contributed by atoms with Gasteiger partial charge in [0.25, 0.3) is 5.91 Å². The van der Waals surface area contributed by atoms with Crippen molar-refractivity contribution in [2.45, 2.75) is 0 Å². The molecule has 0 saturated carbocycles. The molecule has 26 heavy (non-hydrogen) atoms. The van der Waals surface area contributed by atoms with Gasteiger partial charge in [-0.05, 0) is 24.3 Å². The van der Waals surface area contributed by atoms with Crippen LogP contribution >= 0.6 is 23.2 Å². The number of amides is 1. The van der Waals surface area contributed by atoms with Crippen LogP contribution in [0.3, 0.4) is 0 Å². The van der Waals surface area contributed by atoms with Gasteiger partial charge in [-0.25, -0.2) is 0 Å². The van der Waals surface area contributed by atoms with E-state index in [1.807, 2.05) is 24.3 Å². The standard InChI is InChI=1S/C18H15Cl2N3O3/c1-25-16-5-3-2-4-12(16)15-9-17(23-22-15)21-18(24)10-26-11-6-7-13(19)14(20)8-11/h2-9H,10H2,1H3,(H2,21,22,23,24). The molecule has 2 aromatic carbocycles. The van der Waals surface area contributed by atoms with Gasteiger partial charge in [-0.3, -0.25) is 9.89 Å². The van der Waals surface area contributed by atoms with Gasteiger partial charge in [-0.15, -0.1) is 0 Å². The third kappa shape index (κ3) is 4.28. The lowest BCUT2D eigenvalue weighted by molar-refractivity contribution is -0.118. The number of anilines is 1. The predicted octanol–water partition coefficient (Wildman–Crippen LogP) is 4.41. The lowest BCUT2D eigenvalue weighted by atomic mass is 10.1. The Kier molecular flexibility index (Phi) is 5.65. The largest absolute Gasteiger partial charge is 0.496 e. The Hall–Kier alpha value is -2.70. The van der Waals surface area contributed by atoms with Crippen molar-refractivity contribution in [3.05, 3.63) is 58.6 Å². The fourth-order valence-electron chi connectivity index (χ4n) is 2.29. The number of benzene rings is 2. The Morgan fingerprint density at radius 1 is 1.15 bits per heavy atom. The second kappa shape index (κ2) is 8.12. The fourth-order valence-corrected chi connectivity index (χ4v) is 2.57. The lowest BCUT2D eigenvalue weighted by Crippen LogP contribution is -2.20. The zero-order valence-corrected chi connectivity index (χ0v) is 15.3. The summed E-state index contributed by atoms with van der Waals surface area (Å²) in [6, 6.07) is 14.0. The molecule has 3 aromatic rings. The van der Waals surface area contributed by atoms with Crippen molar-refractivity contribution in [3.63, 3.8) is 0 Å². The van der Waals surface area contributed by atoms with Gasteiger partial charge in [-0.2, -0.15) is 5.10 Å². The molecule has 1 aromatic heterocycles. The molecular weight excluding hydrogens is 377 g/mol. The molecule has 0 spiro atoms. The van der Waals surface area contributed by atoms with Crippen molar-refractivity contribution in [1.29, 1.82) is 0 Å². The SMILES string of the molecule is COc1ccccc1-c1cc(NC(=O)COc2ccc(Cl)c(Cl)c2)n[nH]1. The molecule has 0 saturated heterocycles. The number of carbonyl (C=O) groups is 1. The minimum absolute atomic E-state index is 0.186. The number of para-hydroxylation sites is 1. The first-order valence-corrected chi connectivity index (χ1v) is 8.39. The molecule has 1 amide bonds.